The molecular weight excluding hydrogens is 361 g/mol. The average Bonchev–Trinajstić information content (AvgIpc) is 2.94. The molecule has 2 heterocycles. The average molecular weight is 380 g/mol. The van der Waals surface area contributed by atoms with E-state index in [1.165, 1.54) is 0 Å². The minimum absolute atomic E-state index is 0. The van der Waals surface area contributed by atoms with Crippen LogP contribution in [0, 0.1) is 0 Å². The number of nitrogens with zero attached hydrogens (tertiary/aromatic N) is 2. The van der Waals surface area contributed by atoms with Gasteiger partial charge in [0.2, 0.25) is 5.91 Å². The summed E-state index contributed by atoms with van der Waals surface area (Å²) in [7, 11) is 1.97. The Morgan fingerprint density at radius 1 is 1.19 bits per heavy atom. The molecule has 0 saturated carbocycles. The molecule has 0 aliphatic carbocycles. The number of likely N-dealkylation sites (N-methyl/N-ethyl adjacent to an activating group) is 1. The molecule has 1 N–H and O–H groups in total. The van der Waals surface area contributed by atoms with E-state index in [1.807, 2.05) is 54.4 Å². The third kappa shape index (κ3) is 5.74. The zero-order chi connectivity index (χ0) is 17.6. The maximum absolute atomic E-state index is 11.6. The number of benzene rings is 1. The van der Waals surface area contributed by atoms with Crippen molar-refractivity contribution in [2.45, 2.75) is 11.7 Å². The van der Waals surface area contributed by atoms with E-state index in [2.05, 4.69) is 10.3 Å². The summed E-state index contributed by atoms with van der Waals surface area (Å²) < 4.78 is 5.75. The summed E-state index contributed by atoms with van der Waals surface area (Å²) in [6.07, 6.45) is 2.30. The van der Waals surface area contributed by atoms with Crippen LogP contribution in [-0.4, -0.2) is 71.1 Å². The summed E-state index contributed by atoms with van der Waals surface area (Å²) in [6, 6.07) is 13.4. The van der Waals surface area contributed by atoms with Gasteiger partial charge < -0.3 is 9.64 Å². The van der Waals surface area contributed by atoms with Gasteiger partial charge in [-0.05, 0) is 36.2 Å². The number of ether oxygens (including phenoxy) is 1. The molecule has 26 heavy (non-hydrogen) atoms. The third-order valence-corrected chi connectivity index (χ3v) is 4.83. The van der Waals surface area contributed by atoms with Crippen LogP contribution >= 0.6 is 11.8 Å². The number of hydrogen-bond donors (Lipinski definition) is 1. The van der Waals surface area contributed by atoms with Crippen LogP contribution in [0.1, 0.15) is 5.56 Å². The number of carbonyl (C=O) groups excluding carboxylic acids is 2. The minimum atomic E-state index is -0.341. The molecule has 1 radical (unpaired) electrons. The van der Waals surface area contributed by atoms with Crippen LogP contribution in [0.25, 0.3) is 0 Å². The molecular formula is C18H19N3NaO3S. The maximum Gasteiger partial charge on any atom is 0.286 e. The van der Waals surface area contributed by atoms with Gasteiger partial charge in [-0.15, -0.1) is 0 Å². The second-order valence-corrected chi connectivity index (χ2v) is 6.86. The molecule has 0 bridgehead atoms. The summed E-state index contributed by atoms with van der Waals surface area (Å²) in [5, 5.41) is 1.69. The molecule has 0 spiro atoms. The van der Waals surface area contributed by atoms with Gasteiger partial charge in [-0.3, -0.25) is 14.9 Å². The number of carbonyl (C=O) groups is 2. The van der Waals surface area contributed by atoms with E-state index in [-0.39, 0.29) is 46.0 Å². The Hall–Kier alpha value is -1.54. The Morgan fingerprint density at radius 2 is 1.96 bits per heavy atom. The zero-order valence-electron chi connectivity index (χ0n) is 14.8. The molecule has 1 aliphatic rings. The molecule has 1 aromatic carbocycles. The normalized spacial score (nSPS) is 16.0. The van der Waals surface area contributed by atoms with Gasteiger partial charge in [0, 0.05) is 42.8 Å². The van der Waals surface area contributed by atoms with Crippen molar-refractivity contribution in [1.29, 1.82) is 0 Å². The number of nitrogens with one attached hydrogen (secondary N) is 1. The first kappa shape index (κ1) is 20.8. The van der Waals surface area contributed by atoms with Gasteiger partial charge in [0.25, 0.3) is 5.24 Å². The van der Waals surface area contributed by atoms with Crippen molar-refractivity contribution < 1.29 is 14.3 Å². The van der Waals surface area contributed by atoms with Gasteiger partial charge in [-0.25, -0.2) is 4.98 Å². The van der Waals surface area contributed by atoms with Gasteiger partial charge in [0.05, 0.1) is 11.8 Å². The topological polar surface area (TPSA) is 71.5 Å². The number of pyridine rings is 1. The Kier molecular flexibility index (Phi) is 7.96. The van der Waals surface area contributed by atoms with E-state index in [0.717, 1.165) is 35.4 Å². The fourth-order valence-corrected chi connectivity index (χ4v) is 3.32. The number of hydrogen-bond acceptors (Lipinski definition) is 6. The first-order valence-electron chi connectivity index (χ1n) is 7.97. The van der Waals surface area contributed by atoms with Crippen molar-refractivity contribution >= 4 is 58.3 Å². The van der Waals surface area contributed by atoms with Crippen molar-refractivity contribution in [1.82, 2.24) is 10.3 Å². The van der Waals surface area contributed by atoms with Crippen LogP contribution in [0.4, 0.5) is 10.6 Å². The van der Waals surface area contributed by atoms with Crippen LogP contribution in [0.5, 0.6) is 5.75 Å². The molecule has 8 heteroatoms. The van der Waals surface area contributed by atoms with E-state index in [4.69, 9.17) is 4.74 Å². The van der Waals surface area contributed by atoms with Gasteiger partial charge in [0.15, 0.2) is 0 Å². The quantitative estimate of drug-likeness (QED) is 0.742. The van der Waals surface area contributed by atoms with Gasteiger partial charge in [-0.2, -0.15) is 0 Å². The molecule has 1 saturated heterocycles. The molecule has 3 rings (SSSR count). The van der Waals surface area contributed by atoms with Crippen molar-refractivity contribution in [2.75, 3.05) is 25.1 Å². The SMILES string of the molecule is CN(CCOc1ccc(CC2SC(=O)NC2=O)cc1)c1ccccn1.[Na]. The second kappa shape index (κ2) is 9.97. The predicted molar refractivity (Wildman–Crippen MR) is 104 cm³/mol. The predicted octanol–water partition coefficient (Wildman–Crippen LogP) is 2.11. The van der Waals surface area contributed by atoms with E-state index in [0.29, 0.717) is 13.0 Å². The number of rotatable bonds is 7. The second-order valence-electron chi connectivity index (χ2n) is 5.69. The van der Waals surface area contributed by atoms with Gasteiger partial charge in [0.1, 0.15) is 18.2 Å². The molecule has 2 aromatic rings. The maximum atomic E-state index is 11.6. The fourth-order valence-electron chi connectivity index (χ4n) is 2.46. The standard InChI is InChI=1S/C18H19N3O3S.Na/c1-21(16-4-2-3-9-19-16)10-11-24-14-7-5-13(6-8-14)12-15-17(22)20-18(23)25-15;/h2-9,15H,10-12H2,1H3,(H,20,22,23);. The number of amides is 2. The van der Waals surface area contributed by atoms with Crippen LogP contribution < -0.4 is 15.0 Å². The number of imide groups is 1. The van der Waals surface area contributed by atoms with Crippen LogP contribution in [-0.2, 0) is 11.2 Å². The minimum Gasteiger partial charge on any atom is -0.492 e. The first-order valence-corrected chi connectivity index (χ1v) is 8.85. The third-order valence-electron chi connectivity index (χ3n) is 3.85. The molecule has 1 unspecified atom stereocenters. The van der Waals surface area contributed by atoms with E-state index >= 15 is 0 Å². The summed E-state index contributed by atoms with van der Waals surface area (Å²) in [6.45, 7) is 1.27. The number of aromatic nitrogens is 1. The molecule has 131 valence electrons. The molecule has 1 atom stereocenters. The number of anilines is 1. The van der Waals surface area contributed by atoms with Crippen LogP contribution in [0.15, 0.2) is 48.7 Å². The van der Waals surface area contributed by atoms with Gasteiger partial charge >= 0.3 is 0 Å². The fraction of sp³-hybridized carbons (Fsp3) is 0.278. The molecule has 6 nitrogen and oxygen atoms in total. The smallest absolute Gasteiger partial charge is 0.286 e. The van der Waals surface area contributed by atoms with E-state index in [1.54, 1.807) is 6.20 Å². The Balaban J connectivity index is 0.00000243. The van der Waals surface area contributed by atoms with Crippen molar-refractivity contribution in [3.8, 4) is 5.75 Å². The van der Waals surface area contributed by atoms with Crippen LogP contribution in [0.3, 0.4) is 0 Å². The van der Waals surface area contributed by atoms with Crippen LogP contribution in [0.2, 0.25) is 0 Å². The Labute approximate surface area is 179 Å². The Bertz CT molecular complexity index is 743. The zero-order valence-corrected chi connectivity index (χ0v) is 17.7. The van der Waals surface area contributed by atoms with Gasteiger partial charge in [-0.1, -0.05) is 30.0 Å². The first-order chi connectivity index (χ1) is 12.1. The van der Waals surface area contributed by atoms with Crippen molar-refractivity contribution in [2.24, 2.45) is 0 Å². The van der Waals surface area contributed by atoms with Crippen molar-refractivity contribution in [3.63, 3.8) is 0 Å². The monoisotopic (exact) mass is 380 g/mol. The number of thioether (sulfide) groups is 1. The molecule has 2 amide bonds. The van der Waals surface area contributed by atoms with E-state index < -0.39 is 0 Å². The summed E-state index contributed by atoms with van der Waals surface area (Å²) in [4.78, 5) is 29.1. The molecule has 1 aliphatic heterocycles. The summed E-state index contributed by atoms with van der Waals surface area (Å²) >= 11 is 1.05. The largest absolute Gasteiger partial charge is 0.492 e. The van der Waals surface area contributed by atoms with E-state index in [9.17, 15) is 9.59 Å². The summed E-state index contributed by atoms with van der Waals surface area (Å²) in [5.41, 5.74) is 1.00. The molecule has 1 fully saturated rings. The summed E-state index contributed by atoms with van der Waals surface area (Å²) in [5.74, 6) is 1.47. The van der Waals surface area contributed by atoms with Crippen molar-refractivity contribution in [3.05, 3.63) is 54.2 Å². The Morgan fingerprint density at radius 3 is 2.58 bits per heavy atom. The molecule has 1 aromatic heterocycles.